The molecule has 0 radical (unpaired) electrons. The Morgan fingerprint density at radius 3 is 2.71 bits per heavy atom. The van der Waals surface area contributed by atoms with Crippen LogP contribution in [0, 0.1) is 12.7 Å². The van der Waals surface area contributed by atoms with Crippen molar-refractivity contribution in [1.82, 2.24) is 14.3 Å². The fourth-order valence-electron chi connectivity index (χ4n) is 3.72. The molecule has 1 aliphatic heterocycles. The standard InChI is InChI=1S/C21H19ClFN5O3/c1-11-8-17-19(26(3)20(11)30)16-6-7-24-28(16)12(2)21(31)27(17)10-18(29)25-13-4-5-14(22)15(23)9-13/h4-9,12H,10H2,1-3H3,(H,25,29). The molecule has 0 saturated carbocycles. The molecule has 1 unspecified atom stereocenters. The number of nitrogens with one attached hydrogen (secondary N) is 1. The number of carbonyl (C=O) groups excluding carboxylic acids is 2. The van der Waals surface area contributed by atoms with Crippen molar-refractivity contribution in [2.24, 2.45) is 7.05 Å². The van der Waals surface area contributed by atoms with Gasteiger partial charge in [-0.3, -0.25) is 24.0 Å². The van der Waals surface area contributed by atoms with E-state index in [0.29, 0.717) is 22.6 Å². The van der Waals surface area contributed by atoms with E-state index in [1.165, 1.54) is 26.3 Å². The fourth-order valence-corrected chi connectivity index (χ4v) is 3.84. The molecule has 10 heteroatoms. The molecule has 4 rings (SSSR count). The first-order valence-electron chi connectivity index (χ1n) is 9.50. The van der Waals surface area contributed by atoms with Gasteiger partial charge in [0.05, 0.1) is 22.1 Å². The van der Waals surface area contributed by atoms with Gasteiger partial charge in [0, 0.05) is 24.5 Å². The van der Waals surface area contributed by atoms with Crippen LogP contribution < -0.4 is 15.8 Å². The number of aryl methyl sites for hydroxylation is 1. The summed E-state index contributed by atoms with van der Waals surface area (Å²) < 4.78 is 16.7. The molecule has 3 heterocycles. The van der Waals surface area contributed by atoms with E-state index in [-0.39, 0.29) is 28.7 Å². The van der Waals surface area contributed by atoms with E-state index in [9.17, 15) is 18.8 Å². The van der Waals surface area contributed by atoms with E-state index in [0.717, 1.165) is 6.07 Å². The number of carbonyl (C=O) groups is 2. The summed E-state index contributed by atoms with van der Waals surface area (Å²) >= 11 is 5.68. The number of anilines is 2. The fraction of sp³-hybridized carbons (Fsp3) is 0.238. The van der Waals surface area contributed by atoms with Gasteiger partial charge in [-0.1, -0.05) is 11.6 Å². The summed E-state index contributed by atoms with van der Waals surface area (Å²) in [5.74, 6) is -1.56. The predicted octanol–water partition coefficient (Wildman–Crippen LogP) is 2.90. The molecule has 0 saturated heterocycles. The first kappa shape index (κ1) is 20.8. The third-order valence-corrected chi connectivity index (χ3v) is 5.58. The number of fused-ring (bicyclic) bond motifs is 3. The monoisotopic (exact) mass is 443 g/mol. The van der Waals surface area contributed by atoms with Crippen LogP contribution in [0.1, 0.15) is 18.5 Å². The van der Waals surface area contributed by atoms with Gasteiger partial charge in [0.2, 0.25) is 5.91 Å². The minimum absolute atomic E-state index is 0.0609. The van der Waals surface area contributed by atoms with E-state index in [1.54, 1.807) is 39.2 Å². The quantitative estimate of drug-likeness (QED) is 0.674. The zero-order chi connectivity index (χ0) is 22.4. The van der Waals surface area contributed by atoms with Crippen LogP contribution in [0.4, 0.5) is 15.8 Å². The van der Waals surface area contributed by atoms with E-state index >= 15 is 0 Å². The van der Waals surface area contributed by atoms with Crippen molar-refractivity contribution in [3.63, 3.8) is 0 Å². The molecule has 1 aromatic carbocycles. The molecule has 3 aromatic rings. The molecule has 0 fully saturated rings. The van der Waals surface area contributed by atoms with Crippen LogP contribution >= 0.6 is 11.6 Å². The highest BCUT2D eigenvalue weighted by atomic mass is 35.5. The number of nitrogens with zero attached hydrogens (tertiary/aromatic N) is 4. The highest BCUT2D eigenvalue weighted by Crippen LogP contribution is 2.36. The molecule has 0 spiro atoms. The Labute approximate surface area is 181 Å². The van der Waals surface area contributed by atoms with Crippen molar-refractivity contribution >= 4 is 34.8 Å². The first-order chi connectivity index (χ1) is 14.7. The summed E-state index contributed by atoms with van der Waals surface area (Å²) in [7, 11) is 1.61. The van der Waals surface area contributed by atoms with Crippen molar-refractivity contribution in [2.45, 2.75) is 19.9 Å². The molecular weight excluding hydrogens is 425 g/mol. The lowest BCUT2D eigenvalue weighted by Gasteiger charge is -2.25. The predicted molar refractivity (Wildman–Crippen MR) is 115 cm³/mol. The van der Waals surface area contributed by atoms with Crippen LogP contribution in [0.25, 0.3) is 11.4 Å². The Kier molecular flexibility index (Phi) is 5.14. The zero-order valence-corrected chi connectivity index (χ0v) is 17.8. The van der Waals surface area contributed by atoms with Gasteiger partial charge in [0.15, 0.2) is 0 Å². The lowest BCUT2D eigenvalue weighted by molar-refractivity contribution is -0.123. The van der Waals surface area contributed by atoms with Gasteiger partial charge in [-0.2, -0.15) is 5.10 Å². The van der Waals surface area contributed by atoms with Crippen LogP contribution in [0.5, 0.6) is 0 Å². The smallest absolute Gasteiger partial charge is 0.253 e. The van der Waals surface area contributed by atoms with E-state index in [4.69, 9.17) is 11.6 Å². The van der Waals surface area contributed by atoms with Crippen molar-refractivity contribution in [1.29, 1.82) is 0 Å². The zero-order valence-electron chi connectivity index (χ0n) is 17.0. The Morgan fingerprint density at radius 1 is 1.26 bits per heavy atom. The van der Waals surface area contributed by atoms with Crippen LogP contribution in [0.3, 0.4) is 0 Å². The van der Waals surface area contributed by atoms with Crippen LogP contribution in [0.15, 0.2) is 41.3 Å². The van der Waals surface area contributed by atoms with Crippen molar-refractivity contribution in [3.8, 4) is 11.4 Å². The number of pyridine rings is 1. The lowest BCUT2D eigenvalue weighted by atomic mass is 10.1. The van der Waals surface area contributed by atoms with Gasteiger partial charge in [-0.25, -0.2) is 4.39 Å². The summed E-state index contributed by atoms with van der Waals surface area (Å²) in [6, 6.07) is 6.52. The second-order valence-corrected chi connectivity index (χ2v) is 7.77. The van der Waals surface area contributed by atoms with Crippen molar-refractivity contribution in [3.05, 3.63) is 63.3 Å². The van der Waals surface area contributed by atoms with E-state index in [1.807, 2.05) is 0 Å². The maximum Gasteiger partial charge on any atom is 0.253 e. The molecule has 160 valence electrons. The van der Waals surface area contributed by atoms with Crippen LogP contribution in [-0.2, 0) is 16.6 Å². The molecule has 1 aliphatic rings. The molecule has 1 N–H and O–H groups in total. The minimum Gasteiger partial charge on any atom is -0.324 e. The topological polar surface area (TPSA) is 89.2 Å². The maximum absolute atomic E-state index is 13.7. The average molecular weight is 444 g/mol. The Bertz CT molecular complexity index is 1280. The van der Waals surface area contributed by atoms with Gasteiger partial charge >= 0.3 is 0 Å². The van der Waals surface area contributed by atoms with Gasteiger partial charge in [-0.15, -0.1) is 0 Å². The van der Waals surface area contributed by atoms with Crippen LogP contribution in [0.2, 0.25) is 5.02 Å². The number of hydrogen-bond donors (Lipinski definition) is 1. The number of aromatic nitrogens is 3. The van der Waals surface area contributed by atoms with Gasteiger partial charge < -0.3 is 9.88 Å². The number of benzene rings is 1. The molecule has 0 bridgehead atoms. The summed E-state index contributed by atoms with van der Waals surface area (Å²) in [6.45, 7) is 2.99. The number of rotatable bonds is 3. The Morgan fingerprint density at radius 2 is 2.00 bits per heavy atom. The summed E-state index contributed by atoms with van der Waals surface area (Å²) in [4.78, 5) is 39.9. The third-order valence-electron chi connectivity index (χ3n) is 5.27. The number of amides is 2. The minimum atomic E-state index is -0.700. The van der Waals surface area contributed by atoms with Crippen molar-refractivity contribution in [2.75, 3.05) is 16.8 Å². The van der Waals surface area contributed by atoms with Gasteiger partial charge in [0.1, 0.15) is 18.4 Å². The highest BCUT2D eigenvalue weighted by molar-refractivity contribution is 6.30. The second-order valence-electron chi connectivity index (χ2n) is 7.36. The van der Waals surface area contributed by atoms with Gasteiger partial charge in [0.25, 0.3) is 11.5 Å². The second kappa shape index (κ2) is 7.66. The SMILES string of the molecule is Cc1cc2c(n(C)c1=O)-c1ccnn1C(C)C(=O)N2CC(=O)Nc1ccc(Cl)c(F)c1. The number of hydrogen-bond acceptors (Lipinski definition) is 4. The molecule has 0 aliphatic carbocycles. The molecule has 31 heavy (non-hydrogen) atoms. The van der Waals surface area contributed by atoms with E-state index < -0.39 is 17.8 Å². The molecule has 2 amide bonds. The van der Waals surface area contributed by atoms with Crippen molar-refractivity contribution < 1.29 is 14.0 Å². The first-order valence-corrected chi connectivity index (χ1v) is 9.87. The summed E-state index contributed by atoms with van der Waals surface area (Å²) in [5, 5.41) is 6.75. The summed E-state index contributed by atoms with van der Waals surface area (Å²) in [5.41, 5.74) is 1.93. The average Bonchev–Trinajstić information content (AvgIpc) is 3.18. The molecular formula is C21H19ClFN5O3. The highest BCUT2D eigenvalue weighted by Gasteiger charge is 2.34. The lowest BCUT2D eigenvalue weighted by Crippen LogP contribution is -2.41. The Hall–Kier alpha value is -3.46. The van der Waals surface area contributed by atoms with Gasteiger partial charge in [-0.05, 0) is 44.2 Å². The third kappa shape index (κ3) is 3.50. The molecule has 1 atom stereocenters. The normalized spacial score (nSPS) is 15.3. The largest absolute Gasteiger partial charge is 0.324 e. The van der Waals surface area contributed by atoms with E-state index in [2.05, 4.69) is 10.4 Å². The number of halogens is 2. The van der Waals surface area contributed by atoms with Crippen LogP contribution in [-0.4, -0.2) is 32.7 Å². The molecule has 8 nitrogen and oxygen atoms in total. The Balaban J connectivity index is 1.76. The molecule has 2 aromatic heterocycles. The summed E-state index contributed by atoms with van der Waals surface area (Å²) in [6.07, 6.45) is 1.56. The maximum atomic E-state index is 13.7.